The van der Waals surface area contributed by atoms with Gasteiger partial charge in [0.25, 0.3) is 0 Å². The molecule has 0 spiro atoms. The Labute approximate surface area is 140 Å². The Hall–Kier alpha value is -1.02. The maximum Gasteiger partial charge on any atom is 0.191 e. The van der Waals surface area contributed by atoms with Gasteiger partial charge in [-0.15, -0.1) is 24.0 Å². The standard InChI is InChI=1S/C13H18ClN5.HI/c1-9(2)17-13(15-3)16-6-11-8-19-7-10(14)4-5-12(19)18-11;/h4-5,7-9H,6H2,1-3H3,(H2,15,16,17);1H. The molecule has 2 heterocycles. The Morgan fingerprint density at radius 2 is 2.15 bits per heavy atom. The van der Waals surface area contributed by atoms with E-state index in [2.05, 4.69) is 34.5 Å². The van der Waals surface area contributed by atoms with Gasteiger partial charge in [0.05, 0.1) is 17.3 Å². The van der Waals surface area contributed by atoms with Crippen LogP contribution in [-0.4, -0.2) is 28.4 Å². The molecule has 2 aromatic heterocycles. The summed E-state index contributed by atoms with van der Waals surface area (Å²) in [4.78, 5) is 8.65. The molecule has 0 amide bonds. The van der Waals surface area contributed by atoms with Gasteiger partial charge < -0.3 is 15.0 Å². The number of aromatic nitrogens is 2. The molecule has 0 aliphatic rings. The monoisotopic (exact) mass is 407 g/mol. The first-order valence-electron chi connectivity index (χ1n) is 6.19. The number of hydrogen-bond acceptors (Lipinski definition) is 2. The number of rotatable bonds is 3. The first-order valence-corrected chi connectivity index (χ1v) is 6.56. The molecule has 0 aliphatic heterocycles. The summed E-state index contributed by atoms with van der Waals surface area (Å²) < 4.78 is 1.91. The lowest BCUT2D eigenvalue weighted by Crippen LogP contribution is -2.40. The predicted octanol–water partition coefficient (Wildman–Crippen LogP) is 2.68. The van der Waals surface area contributed by atoms with Gasteiger partial charge in [-0.25, -0.2) is 4.98 Å². The minimum atomic E-state index is 0. The summed E-state index contributed by atoms with van der Waals surface area (Å²) in [6.07, 6.45) is 3.80. The molecule has 2 aromatic rings. The zero-order chi connectivity index (χ0) is 13.8. The van der Waals surface area contributed by atoms with Gasteiger partial charge in [-0.1, -0.05) is 11.6 Å². The van der Waals surface area contributed by atoms with Crippen LogP contribution in [0.1, 0.15) is 19.5 Å². The summed E-state index contributed by atoms with van der Waals surface area (Å²) in [7, 11) is 1.75. The van der Waals surface area contributed by atoms with Crippen LogP contribution in [0, 0.1) is 0 Å². The molecule has 5 nitrogen and oxygen atoms in total. The molecule has 2 rings (SSSR count). The van der Waals surface area contributed by atoms with E-state index in [4.69, 9.17) is 11.6 Å². The lowest BCUT2D eigenvalue weighted by atomic mass is 10.4. The van der Waals surface area contributed by atoms with E-state index in [9.17, 15) is 0 Å². The molecule has 0 saturated carbocycles. The van der Waals surface area contributed by atoms with Crippen molar-refractivity contribution in [3.8, 4) is 0 Å². The van der Waals surface area contributed by atoms with E-state index in [1.165, 1.54) is 0 Å². The van der Waals surface area contributed by atoms with E-state index in [0.717, 1.165) is 17.3 Å². The number of hydrogen-bond donors (Lipinski definition) is 2. The van der Waals surface area contributed by atoms with Crippen LogP contribution < -0.4 is 10.6 Å². The van der Waals surface area contributed by atoms with Crippen molar-refractivity contribution >= 4 is 47.2 Å². The van der Waals surface area contributed by atoms with E-state index in [1.54, 1.807) is 7.05 Å². The largest absolute Gasteiger partial charge is 0.354 e. The van der Waals surface area contributed by atoms with Gasteiger partial charge >= 0.3 is 0 Å². The zero-order valence-electron chi connectivity index (χ0n) is 11.7. The Bertz CT molecular complexity index is 593. The summed E-state index contributed by atoms with van der Waals surface area (Å²) in [5, 5.41) is 7.14. The highest BCUT2D eigenvalue weighted by Gasteiger charge is 2.04. The third-order valence-electron chi connectivity index (χ3n) is 2.55. The van der Waals surface area contributed by atoms with Crippen LogP contribution in [0.25, 0.3) is 5.65 Å². The molecular formula is C13H19ClIN5. The Morgan fingerprint density at radius 3 is 2.80 bits per heavy atom. The molecule has 0 radical (unpaired) electrons. The number of fused-ring (bicyclic) bond motifs is 1. The Kier molecular flexibility index (Phi) is 6.54. The molecule has 0 saturated heterocycles. The maximum atomic E-state index is 5.94. The Morgan fingerprint density at radius 1 is 1.40 bits per heavy atom. The van der Waals surface area contributed by atoms with Gasteiger partial charge in [-0.05, 0) is 26.0 Å². The third-order valence-corrected chi connectivity index (χ3v) is 2.77. The number of pyridine rings is 1. The van der Waals surface area contributed by atoms with Crippen LogP contribution in [0.5, 0.6) is 0 Å². The van der Waals surface area contributed by atoms with Crippen molar-refractivity contribution in [2.24, 2.45) is 4.99 Å². The molecule has 0 unspecified atom stereocenters. The van der Waals surface area contributed by atoms with Gasteiger partial charge in [-0.3, -0.25) is 4.99 Å². The number of imidazole rings is 1. The van der Waals surface area contributed by atoms with Gasteiger partial charge in [-0.2, -0.15) is 0 Å². The second-order valence-corrected chi connectivity index (χ2v) is 5.01. The normalized spacial score (nSPS) is 11.6. The van der Waals surface area contributed by atoms with Gasteiger partial charge in [0.2, 0.25) is 0 Å². The van der Waals surface area contributed by atoms with Crippen molar-refractivity contribution < 1.29 is 0 Å². The van der Waals surface area contributed by atoms with E-state index in [-0.39, 0.29) is 24.0 Å². The van der Waals surface area contributed by atoms with Crippen molar-refractivity contribution in [2.45, 2.75) is 26.4 Å². The summed E-state index contributed by atoms with van der Waals surface area (Å²) in [6, 6.07) is 4.07. The molecule has 0 atom stereocenters. The van der Waals surface area contributed by atoms with Crippen LogP contribution in [0.4, 0.5) is 0 Å². The minimum Gasteiger partial charge on any atom is -0.354 e. The number of aliphatic imine (C=N–C) groups is 1. The van der Waals surface area contributed by atoms with E-state index in [1.807, 2.05) is 28.9 Å². The SMILES string of the molecule is CN=C(NCc1cn2cc(Cl)ccc2n1)NC(C)C.I. The second kappa shape index (κ2) is 7.68. The summed E-state index contributed by atoms with van der Waals surface area (Å²) in [6.45, 7) is 4.76. The molecule has 20 heavy (non-hydrogen) atoms. The van der Waals surface area contributed by atoms with Crippen molar-refractivity contribution in [2.75, 3.05) is 7.05 Å². The maximum absolute atomic E-state index is 5.94. The topological polar surface area (TPSA) is 53.7 Å². The lowest BCUT2D eigenvalue weighted by molar-refractivity contribution is 0.697. The van der Waals surface area contributed by atoms with Crippen LogP contribution in [0.3, 0.4) is 0 Å². The molecule has 2 N–H and O–H groups in total. The zero-order valence-corrected chi connectivity index (χ0v) is 14.8. The van der Waals surface area contributed by atoms with Crippen LogP contribution >= 0.6 is 35.6 Å². The van der Waals surface area contributed by atoms with Crippen LogP contribution in [-0.2, 0) is 6.54 Å². The lowest BCUT2D eigenvalue weighted by Gasteiger charge is -2.13. The van der Waals surface area contributed by atoms with E-state index >= 15 is 0 Å². The van der Waals surface area contributed by atoms with Crippen molar-refractivity contribution in [3.63, 3.8) is 0 Å². The van der Waals surface area contributed by atoms with Crippen molar-refractivity contribution in [3.05, 3.63) is 35.2 Å². The molecule has 0 fully saturated rings. The number of guanidine groups is 1. The minimum absolute atomic E-state index is 0. The van der Waals surface area contributed by atoms with E-state index < -0.39 is 0 Å². The fraction of sp³-hybridized carbons (Fsp3) is 0.385. The third kappa shape index (κ3) is 4.52. The smallest absolute Gasteiger partial charge is 0.191 e. The average Bonchev–Trinajstić information content (AvgIpc) is 2.75. The molecule has 0 aliphatic carbocycles. The molecule has 110 valence electrons. The van der Waals surface area contributed by atoms with E-state index in [0.29, 0.717) is 17.6 Å². The summed E-state index contributed by atoms with van der Waals surface area (Å²) >= 11 is 5.94. The summed E-state index contributed by atoms with van der Waals surface area (Å²) in [5.41, 5.74) is 1.82. The van der Waals surface area contributed by atoms with Crippen molar-refractivity contribution in [1.29, 1.82) is 0 Å². The van der Waals surface area contributed by atoms with Gasteiger partial charge in [0.15, 0.2) is 5.96 Å². The van der Waals surface area contributed by atoms with Gasteiger partial charge in [0.1, 0.15) is 5.65 Å². The van der Waals surface area contributed by atoms with Crippen LogP contribution in [0.2, 0.25) is 5.02 Å². The van der Waals surface area contributed by atoms with Crippen molar-refractivity contribution in [1.82, 2.24) is 20.0 Å². The first kappa shape index (κ1) is 17.0. The highest BCUT2D eigenvalue weighted by Crippen LogP contribution is 2.11. The van der Waals surface area contributed by atoms with Gasteiger partial charge in [0, 0.05) is 25.5 Å². The molecule has 0 bridgehead atoms. The number of nitrogens with one attached hydrogen (secondary N) is 2. The fourth-order valence-corrected chi connectivity index (χ4v) is 1.91. The second-order valence-electron chi connectivity index (χ2n) is 4.57. The highest BCUT2D eigenvalue weighted by atomic mass is 127. The Balaban J connectivity index is 0.00000200. The number of halogens is 2. The molecule has 7 heteroatoms. The fourth-order valence-electron chi connectivity index (χ4n) is 1.74. The molecular weight excluding hydrogens is 389 g/mol. The van der Waals surface area contributed by atoms with Crippen LogP contribution in [0.15, 0.2) is 29.5 Å². The first-order chi connectivity index (χ1) is 9.08. The quantitative estimate of drug-likeness (QED) is 0.467. The summed E-state index contributed by atoms with van der Waals surface area (Å²) in [5.74, 6) is 0.769. The number of nitrogens with zero attached hydrogens (tertiary/aromatic N) is 3. The molecule has 0 aromatic carbocycles. The average molecular weight is 408 g/mol. The highest BCUT2D eigenvalue weighted by molar-refractivity contribution is 14.0. The predicted molar refractivity (Wildman–Crippen MR) is 94.1 cm³/mol.